The summed E-state index contributed by atoms with van der Waals surface area (Å²) in [5.41, 5.74) is 2.55. The molecule has 0 fully saturated rings. The van der Waals surface area contributed by atoms with E-state index in [-0.39, 0.29) is 5.38 Å². The van der Waals surface area contributed by atoms with E-state index in [0.717, 1.165) is 3.79 Å². The molecule has 0 saturated heterocycles. The maximum absolute atomic E-state index is 6.53. The Kier molecular flexibility index (Phi) is 3.79. The van der Waals surface area contributed by atoms with Crippen LogP contribution in [0.5, 0.6) is 0 Å². The van der Waals surface area contributed by atoms with Crippen LogP contribution in [0.3, 0.4) is 0 Å². The molecule has 4 heteroatoms. The van der Waals surface area contributed by atoms with Crippen LogP contribution in [0, 0.1) is 20.8 Å². The van der Waals surface area contributed by atoms with Crippen molar-refractivity contribution < 1.29 is 0 Å². The van der Waals surface area contributed by atoms with Gasteiger partial charge in [0.2, 0.25) is 0 Å². The van der Waals surface area contributed by atoms with Crippen LogP contribution in [-0.2, 0) is 0 Å². The normalized spacial score (nSPS) is 13.1. The van der Waals surface area contributed by atoms with Crippen LogP contribution >= 0.6 is 50.2 Å². The zero-order valence-electron chi connectivity index (χ0n) is 9.30. The van der Waals surface area contributed by atoms with Gasteiger partial charge in [-0.25, -0.2) is 0 Å². The predicted molar refractivity (Wildman–Crippen MR) is 78.2 cm³/mol. The molecule has 0 saturated carbocycles. The van der Waals surface area contributed by atoms with E-state index >= 15 is 0 Å². The molecule has 0 radical (unpaired) electrons. The van der Waals surface area contributed by atoms with Gasteiger partial charge in [-0.3, -0.25) is 0 Å². The average Bonchev–Trinajstić information content (AvgIpc) is 2.70. The van der Waals surface area contributed by atoms with Gasteiger partial charge in [-0.2, -0.15) is 0 Å². The largest absolute Gasteiger partial charge is 0.143 e. The second kappa shape index (κ2) is 4.81. The Morgan fingerprint density at radius 1 is 1.12 bits per heavy atom. The van der Waals surface area contributed by atoms with Crippen LogP contribution in [0.25, 0.3) is 0 Å². The number of rotatable bonds is 2. The molecule has 1 atom stereocenters. The third kappa shape index (κ3) is 2.37. The fourth-order valence-electron chi connectivity index (χ4n) is 1.59. The molecule has 1 unspecified atom stereocenters. The standard InChI is InChI=1S/C12H12BrClS2/c1-6-4-10(15-7(6)2)12(14)9-5-11(13)16-8(9)3/h4-5,12H,1-3H3. The molecule has 0 bridgehead atoms. The van der Waals surface area contributed by atoms with Crippen LogP contribution in [0.4, 0.5) is 0 Å². The smallest absolute Gasteiger partial charge is 0.0938 e. The molecule has 2 rings (SSSR count). The van der Waals surface area contributed by atoms with Crippen LogP contribution in [-0.4, -0.2) is 0 Å². The average molecular weight is 336 g/mol. The lowest BCUT2D eigenvalue weighted by Gasteiger charge is -2.06. The summed E-state index contributed by atoms with van der Waals surface area (Å²) in [6.45, 7) is 6.40. The van der Waals surface area contributed by atoms with Gasteiger partial charge in [0, 0.05) is 14.6 Å². The molecular formula is C12H12BrClS2. The van der Waals surface area contributed by atoms with Crippen molar-refractivity contribution in [2.24, 2.45) is 0 Å². The van der Waals surface area contributed by atoms with Crippen LogP contribution < -0.4 is 0 Å². The van der Waals surface area contributed by atoms with Gasteiger partial charge in [0.05, 0.1) is 9.16 Å². The third-order valence-corrected chi connectivity index (χ3v) is 6.02. The molecule has 16 heavy (non-hydrogen) atoms. The molecule has 0 aromatic carbocycles. The molecule has 0 aliphatic rings. The highest BCUT2D eigenvalue weighted by Crippen LogP contribution is 2.40. The number of hydrogen-bond acceptors (Lipinski definition) is 2. The fourth-order valence-corrected chi connectivity index (χ4v) is 4.87. The molecule has 0 spiro atoms. The van der Waals surface area contributed by atoms with Crippen molar-refractivity contribution in [1.82, 2.24) is 0 Å². The minimum absolute atomic E-state index is 0.0139. The Morgan fingerprint density at radius 2 is 1.81 bits per heavy atom. The topological polar surface area (TPSA) is 0 Å². The van der Waals surface area contributed by atoms with Crippen molar-refractivity contribution in [1.29, 1.82) is 0 Å². The second-order valence-electron chi connectivity index (χ2n) is 3.81. The van der Waals surface area contributed by atoms with Gasteiger partial charge in [0.25, 0.3) is 0 Å². The minimum Gasteiger partial charge on any atom is -0.143 e. The Morgan fingerprint density at radius 3 is 2.25 bits per heavy atom. The van der Waals surface area contributed by atoms with Gasteiger partial charge in [0.1, 0.15) is 0 Å². The van der Waals surface area contributed by atoms with E-state index in [1.165, 1.54) is 25.8 Å². The number of hydrogen-bond donors (Lipinski definition) is 0. The zero-order valence-corrected chi connectivity index (χ0v) is 13.3. The maximum atomic E-state index is 6.53. The summed E-state index contributed by atoms with van der Waals surface area (Å²) in [4.78, 5) is 3.88. The number of thiophene rings is 2. The van der Waals surface area contributed by atoms with Crippen molar-refractivity contribution in [2.75, 3.05) is 0 Å². The monoisotopic (exact) mass is 334 g/mol. The molecule has 2 aromatic heterocycles. The van der Waals surface area contributed by atoms with E-state index in [4.69, 9.17) is 11.6 Å². The van der Waals surface area contributed by atoms with Gasteiger partial charge >= 0.3 is 0 Å². The molecule has 86 valence electrons. The zero-order chi connectivity index (χ0) is 11.9. The van der Waals surface area contributed by atoms with E-state index in [1.807, 2.05) is 0 Å². The maximum Gasteiger partial charge on any atom is 0.0938 e. The second-order valence-corrected chi connectivity index (χ2v) is 8.17. The van der Waals surface area contributed by atoms with Crippen molar-refractivity contribution in [2.45, 2.75) is 26.1 Å². The van der Waals surface area contributed by atoms with Crippen molar-refractivity contribution >= 4 is 50.2 Å². The molecule has 0 N–H and O–H groups in total. The highest BCUT2D eigenvalue weighted by molar-refractivity contribution is 9.11. The van der Waals surface area contributed by atoms with Gasteiger partial charge in [-0.05, 0) is 60.0 Å². The van der Waals surface area contributed by atoms with Gasteiger partial charge in [-0.1, -0.05) is 0 Å². The summed E-state index contributed by atoms with van der Waals surface area (Å²) in [5.74, 6) is 0. The molecular weight excluding hydrogens is 324 g/mol. The van der Waals surface area contributed by atoms with E-state index in [1.54, 1.807) is 22.7 Å². The third-order valence-electron chi connectivity index (χ3n) is 2.63. The quantitative estimate of drug-likeness (QED) is 0.606. The fraction of sp³-hybridized carbons (Fsp3) is 0.333. The van der Waals surface area contributed by atoms with E-state index in [0.29, 0.717) is 0 Å². The molecule has 2 aromatic rings. The summed E-state index contributed by atoms with van der Waals surface area (Å²) in [7, 11) is 0. The molecule has 0 amide bonds. The van der Waals surface area contributed by atoms with E-state index in [2.05, 4.69) is 48.8 Å². The first-order valence-corrected chi connectivity index (χ1v) is 7.82. The highest BCUT2D eigenvalue weighted by Gasteiger charge is 2.18. The molecule has 0 aliphatic carbocycles. The lowest BCUT2D eigenvalue weighted by molar-refractivity contribution is 1.17. The number of aryl methyl sites for hydroxylation is 3. The van der Waals surface area contributed by atoms with E-state index in [9.17, 15) is 0 Å². The Balaban J connectivity index is 2.38. The summed E-state index contributed by atoms with van der Waals surface area (Å²) < 4.78 is 1.15. The Hall–Kier alpha value is 0.170. The molecule has 0 nitrogen and oxygen atoms in total. The summed E-state index contributed by atoms with van der Waals surface area (Å²) in [5, 5.41) is -0.0139. The molecule has 2 heterocycles. The highest BCUT2D eigenvalue weighted by atomic mass is 79.9. The van der Waals surface area contributed by atoms with E-state index < -0.39 is 0 Å². The summed E-state index contributed by atoms with van der Waals surface area (Å²) in [6, 6.07) is 4.32. The van der Waals surface area contributed by atoms with Gasteiger partial charge in [0.15, 0.2) is 0 Å². The predicted octanol–water partition coefficient (Wildman–Crippen LogP) is 5.83. The molecule has 0 aliphatic heterocycles. The number of halogens is 2. The van der Waals surface area contributed by atoms with Crippen LogP contribution in [0.1, 0.15) is 31.1 Å². The first-order valence-electron chi connectivity index (χ1n) is 4.96. The van der Waals surface area contributed by atoms with Crippen molar-refractivity contribution in [3.8, 4) is 0 Å². The summed E-state index contributed by atoms with van der Waals surface area (Å²) >= 11 is 13.6. The van der Waals surface area contributed by atoms with Crippen molar-refractivity contribution in [3.63, 3.8) is 0 Å². The van der Waals surface area contributed by atoms with Crippen LogP contribution in [0.2, 0.25) is 0 Å². The van der Waals surface area contributed by atoms with Gasteiger partial charge in [-0.15, -0.1) is 34.3 Å². The van der Waals surface area contributed by atoms with Crippen molar-refractivity contribution in [3.05, 3.63) is 41.7 Å². The number of alkyl halides is 1. The Bertz CT molecular complexity index is 494. The minimum atomic E-state index is -0.0139. The lowest BCUT2D eigenvalue weighted by Crippen LogP contribution is -1.89. The first kappa shape index (κ1) is 12.6. The van der Waals surface area contributed by atoms with Gasteiger partial charge < -0.3 is 0 Å². The first-order chi connectivity index (χ1) is 7.49. The van der Waals surface area contributed by atoms with Crippen LogP contribution in [0.15, 0.2) is 15.9 Å². The Labute approximate surface area is 117 Å². The lowest BCUT2D eigenvalue weighted by atomic mass is 10.1. The summed E-state index contributed by atoms with van der Waals surface area (Å²) in [6.07, 6.45) is 0. The SMILES string of the molecule is Cc1cc(C(Cl)c2cc(Br)sc2C)sc1C.